The average Bonchev–Trinajstić information content (AvgIpc) is 2.80. The van der Waals surface area contributed by atoms with Crippen molar-refractivity contribution in [3.05, 3.63) is 64.9 Å². The van der Waals surface area contributed by atoms with E-state index in [9.17, 15) is 4.79 Å². The van der Waals surface area contributed by atoms with Gasteiger partial charge in [-0.1, -0.05) is 18.2 Å². The smallest absolute Gasteiger partial charge is 0.291 e. The predicted molar refractivity (Wildman–Crippen MR) is 84.8 cm³/mol. The molecule has 1 heterocycles. The molecule has 0 unspecified atom stereocenters. The molecule has 3 nitrogen and oxygen atoms in total. The molecule has 0 saturated heterocycles. The highest BCUT2D eigenvalue weighted by molar-refractivity contribution is 6.04. The molecule has 1 N–H and O–H groups in total. The van der Waals surface area contributed by atoms with Crippen molar-refractivity contribution in [3.8, 4) is 0 Å². The summed E-state index contributed by atoms with van der Waals surface area (Å²) in [6, 6.07) is 13.6. The average molecular weight is 279 g/mol. The Bertz CT molecular complexity index is 810. The lowest BCUT2D eigenvalue weighted by molar-refractivity contribution is 0.0998. The van der Waals surface area contributed by atoms with E-state index in [0.717, 1.165) is 33.3 Å². The summed E-state index contributed by atoms with van der Waals surface area (Å²) >= 11 is 0. The van der Waals surface area contributed by atoms with E-state index in [1.54, 1.807) is 6.07 Å². The minimum absolute atomic E-state index is 0.228. The first-order chi connectivity index (χ1) is 10.0. The third-order valence-electron chi connectivity index (χ3n) is 3.38. The van der Waals surface area contributed by atoms with Crippen molar-refractivity contribution in [2.24, 2.45) is 0 Å². The molecule has 1 amide bonds. The number of aryl methyl sites for hydroxylation is 3. The first kappa shape index (κ1) is 13.4. The van der Waals surface area contributed by atoms with Crippen LogP contribution in [0.3, 0.4) is 0 Å². The zero-order chi connectivity index (χ0) is 15.0. The van der Waals surface area contributed by atoms with Gasteiger partial charge in [-0.3, -0.25) is 4.79 Å². The van der Waals surface area contributed by atoms with Crippen LogP contribution in [0.15, 0.2) is 46.9 Å². The lowest BCUT2D eigenvalue weighted by Gasteiger charge is -2.05. The van der Waals surface area contributed by atoms with Gasteiger partial charge >= 0.3 is 0 Å². The third-order valence-corrected chi connectivity index (χ3v) is 3.38. The Balaban J connectivity index is 1.89. The lowest BCUT2D eigenvalue weighted by Crippen LogP contribution is -2.11. The molecule has 3 heteroatoms. The van der Waals surface area contributed by atoms with Gasteiger partial charge in [0.25, 0.3) is 5.91 Å². The summed E-state index contributed by atoms with van der Waals surface area (Å²) < 4.78 is 5.63. The van der Waals surface area contributed by atoms with Crippen LogP contribution >= 0.6 is 0 Å². The number of anilines is 1. The van der Waals surface area contributed by atoms with E-state index >= 15 is 0 Å². The number of rotatable bonds is 2. The number of fused-ring (bicyclic) bond motifs is 1. The van der Waals surface area contributed by atoms with Crippen LogP contribution in [-0.4, -0.2) is 5.91 Å². The Hall–Kier alpha value is -2.55. The molecule has 0 aliphatic heterocycles. The SMILES string of the molecule is Cc1cc(C)cc(NC(=O)c2cc3ccc(C)cc3o2)c1. The number of carbonyl (C=O) groups is 1. The molecule has 2 aromatic carbocycles. The van der Waals surface area contributed by atoms with E-state index in [-0.39, 0.29) is 5.91 Å². The van der Waals surface area contributed by atoms with Gasteiger partial charge in [0.05, 0.1) is 0 Å². The fraction of sp³-hybridized carbons (Fsp3) is 0.167. The molecule has 0 saturated carbocycles. The minimum Gasteiger partial charge on any atom is -0.451 e. The fourth-order valence-electron chi connectivity index (χ4n) is 2.49. The minimum atomic E-state index is -0.228. The molecule has 0 atom stereocenters. The van der Waals surface area contributed by atoms with Gasteiger partial charge in [0.15, 0.2) is 5.76 Å². The van der Waals surface area contributed by atoms with Crippen LogP contribution in [0.5, 0.6) is 0 Å². The molecule has 1 aromatic heterocycles. The molecule has 0 bridgehead atoms. The molecule has 106 valence electrons. The maximum absolute atomic E-state index is 12.3. The van der Waals surface area contributed by atoms with Crippen LogP contribution in [0, 0.1) is 20.8 Å². The Morgan fingerprint density at radius 1 is 0.905 bits per heavy atom. The van der Waals surface area contributed by atoms with Crippen LogP contribution in [0.2, 0.25) is 0 Å². The van der Waals surface area contributed by atoms with E-state index < -0.39 is 0 Å². The van der Waals surface area contributed by atoms with Crippen molar-refractivity contribution in [1.29, 1.82) is 0 Å². The first-order valence-corrected chi connectivity index (χ1v) is 6.91. The maximum atomic E-state index is 12.3. The van der Waals surface area contributed by atoms with E-state index in [4.69, 9.17) is 4.42 Å². The van der Waals surface area contributed by atoms with Gasteiger partial charge in [-0.05, 0) is 61.7 Å². The van der Waals surface area contributed by atoms with Crippen LogP contribution < -0.4 is 5.32 Å². The summed E-state index contributed by atoms with van der Waals surface area (Å²) in [5, 5.41) is 3.82. The normalized spacial score (nSPS) is 10.8. The number of amides is 1. The van der Waals surface area contributed by atoms with Crippen molar-refractivity contribution >= 4 is 22.6 Å². The Morgan fingerprint density at radius 3 is 2.33 bits per heavy atom. The van der Waals surface area contributed by atoms with E-state index in [1.807, 2.05) is 51.1 Å². The second kappa shape index (κ2) is 5.09. The van der Waals surface area contributed by atoms with Crippen molar-refractivity contribution in [1.82, 2.24) is 0 Å². The standard InChI is InChI=1S/C18H17NO2/c1-11-4-5-14-10-17(21-16(14)9-11)18(20)19-15-7-12(2)6-13(3)8-15/h4-10H,1-3H3,(H,19,20). The van der Waals surface area contributed by atoms with Gasteiger partial charge in [0.2, 0.25) is 0 Å². The summed E-state index contributed by atoms with van der Waals surface area (Å²) in [7, 11) is 0. The molecule has 0 aliphatic rings. The summed E-state index contributed by atoms with van der Waals surface area (Å²) in [5.41, 5.74) is 4.86. The predicted octanol–water partition coefficient (Wildman–Crippen LogP) is 4.61. The van der Waals surface area contributed by atoms with Crippen molar-refractivity contribution in [2.45, 2.75) is 20.8 Å². The van der Waals surface area contributed by atoms with Gasteiger partial charge in [-0.25, -0.2) is 0 Å². The maximum Gasteiger partial charge on any atom is 0.291 e. The highest BCUT2D eigenvalue weighted by Crippen LogP contribution is 2.22. The highest BCUT2D eigenvalue weighted by atomic mass is 16.3. The molecular formula is C18H17NO2. The summed E-state index contributed by atoms with van der Waals surface area (Å²) in [6.45, 7) is 6.01. The third kappa shape index (κ3) is 2.82. The number of carbonyl (C=O) groups excluding carboxylic acids is 1. The number of hydrogen-bond acceptors (Lipinski definition) is 2. The fourth-order valence-corrected chi connectivity index (χ4v) is 2.49. The van der Waals surface area contributed by atoms with E-state index in [0.29, 0.717) is 5.76 Å². The Kier molecular flexibility index (Phi) is 3.26. The first-order valence-electron chi connectivity index (χ1n) is 6.91. The zero-order valence-electron chi connectivity index (χ0n) is 12.4. The monoisotopic (exact) mass is 279 g/mol. The highest BCUT2D eigenvalue weighted by Gasteiger charge is 2.12. The van der Waals surface area contributed by atoms with Crippen molar-refractivity contribution in [3.63, 3.8) is 0 Å². The zero-order valence-corrected chi connectivity index (χ0v) is 12.4. The molecule has 3 aromatic rings. The van der Waals surface area contributed by atoms with Crippen LogP contribution in [0.4, 0.5) is 5.69 Å². The molecule has 21 heavy (non-hydrogen) atoms. The summed E-state index contributed by atoms with van der Waals surface area (Å²) in [4.78, 5) is 12.3. The van der Waals surface area contributed by atoms with Crippen LogP contribution in [0.1, 0.15) is 27.2 Å². The molecule has 0 fully saturated rings. The van der Waals surface area contributed by atoms with Crippen molar-refractivity contribution < 1.29 is 9.21 Å². The molecular weight excluding hydrogens is 262 g/mol. The molecule has 0 spiro atoms. The Morgan fingerprint density at radius 2 is 1.62 bits per heavy atom. The summed E-state index contributed by atoms with van der Waals surface area (Å²) in [6.07, 6.45) is 0. The number of benzene rings is 2. The number of hydrogen-bond donors (Lipinski definition) is 1. The van der Waals surface area contributed by atoms with Gasteiger partial charge in [-0.2, -0.15) is 0 Å². The van der Waals surface area contributed by atoms with Gasteiger partial charge in [-0.15, -0.1) is 0 Å². The summed E-state index contributed by atoms with van der Waals surface area (Å²) in [5.74, 6) is 0.101. The van der Waals surface area contributed by atoms with Gasteiger partial charge in [0, 0.05) is 11.1 Å². The van der Waals surface area contributed by atoms with Gasteiger partial charge < -0.3 is 9.73 Å². The van der Waals surface area contributed by atoms with Crippen LogP contribution in [0.25, 0.3) is 11.0 Å². The van der Waals surface area contributed by atoms with E-state index in [2.05, 4.69) is 11.4 Å². The second-order valence-corrected chi connectivity index (χ2v) is 5.48. The number of nitrogens with one attached hydrogen (secondary N) is 1. The van der Waals surface area contributed by atoms with Gasteiger partial charge in [0.1, 0.15) is 5.58 Å². The topological polar surface area (TPSA) is 42.2 Å². The number of furan rings is 1. The lowest BCUT2D eigenvalue weighted by atomic mass is 10.1. The Labute approximate surface area is 123 Å². The van der Waals surface area contributed by atoms with Crippen LogP contribution in [-0.2, 0) is 0 Å². The second-order valence-electron chi connectivity index (χ2n) is 5.48. The molecule has 0 aliphatic carbocycles. The molecule has 3 rings (SSSR count). The quantitative estimate of drug-likeness (QED) is 0.744. The molecule has 0 radical (unpaired) electrons. The largest absolute Gasteiger partial charge is 0.451 e. The van der Waals surface area contributed by atoms with E-state index in [1.165, 1.54) is 0 Å². The van der Waals surface area contributed by atoms with Crippen molar-refractivity contribution in [2.75, 3.05) is 5.32 Å².